The lowest BCUT2D eigenvalue weighted by Crippen LogP contribution is -2.36. The lowest BCUT2D eigenvalue weighted by Gasteiger charge is -2.24. The van der Waals surface area contributed by atoms with E-state index < -0.39 is 5.60 Å². The normalized spacial score (nSPS) is 18.5. The predicted molar refractivity (Wildman–Crippen MR) is 74.6 cm³/mol. The molecule has 2 rings (SSSR count). The Morgan fingerprint density at radius 3 is 2.26 bits per heavy atom. The third kappa shape index (κ3) is 6.76. The Kier molecular flexibility index (Phi) is 5.76. The lowest BCUT2D eigenvalue weighted by atomic mass is 10.2. The van der Waals surface area contributed by atoms with Gasteiger partial charge in [-0.05, 0) is 39.3 Å². The summed E-state index contributed by atoms with van der Waals surface area (Å²) in [6.45, 7) is 6.92. The number of hydrogen-bond donors (Lipinski definition) is 1. The smallest absolute Gasteiger partial charge is 0.410 e. The van der Waals surface area contributed by atoms with Gasteiger partial charge in [0.25, 0.3) is 0 Å². The van der Waals surface area contributed by atoms with E-state index in [0.717, 1.165) is 13.0 Å². The first-order valence-electron chi connectivity index (χ1n) is 6.47. The van der Waals surface area contributed by atoms with Crippen LogP contribution in [-0.2, 0) is 4.74 Å². The predicted octanol–water partition coefficient (Wildman–Crippen LogP) is 2.04. The first kappa shape index (κ1) is 15.4. The van der Waals surface area contributed by atoms with Crippen LogP contribution >= 0.6 is 0 Å². The molecule has 1 atom stereocenters. The van der Waals surface area contributed by atoms with E-state index >= 15 is 0 Å². The van der Waals surface area contributed by atoms with Crippen molar-refractivity contribution in [2.45, 2.75) is 38.8 Å². The van der Waals surface area contributed by atoms with Crippen molar-refractivity contribution in [2.75, 3.05) is 13.1 Å². The topological polar surface area (TPSA) is 68.5 Å². The summed E-state index contributed by atoms with van der Waals surface area (Å²) in [5.74, 6) is 0. The molecule has 2 N–H and O–H groups in total. The fraction of sp³-hybridized carbons (Fsp3) is 0.571. The zero-order valence-corrected chi connectivity index (χ0v) is 11.9. The van der Waals surface area contributed by atoms with Crippen molar-refractivity contribution >= 4 is 6.09 Å². The standard InChI is InChI=1S/C9H18N2O2.C5H5N/c1-9(2,3)13-8(12)11-5-4-7(10)6-11;1-2-4-6-5-3-1/h7H,4-6,10H2,1-3H3;1-5H/t7-;/m0./s1. The van der Waals surface area contributed by atoms with Gasteiger partial charge in [-0.3, -0.25) is 4.98 Å². The van der Waals surface area contributed by atoms with E-state index in [9.17, 15) is 4.79 Å². The maximum absolute atomic E-state index is 11.5. The molecule has 19 heavy (non-hydrogen) atoms. The molecule has 0 radical (unpaired) electrons. The molecule has 1 amide bonds. The lowest BCUT2D eigenvalue weighted by molar-refractivity contribution is 0.0292. The molecule has 2 heterocycles. The Morgan fingerprint density at radius 2 is 1.95 bits per heavy atom. The summed E-state index contributed by atoms with van der Waals surface area (Å²) in [6, 6.07) is 5.83. The minimum atomic E-state index is -0.413. The summed E-state index contributed by atoms with van der Waals surface area (Å²) >= 11 is 0. The fourth-order valence-corrected chi connectivity index (χ4v) is 1.59. The van der Waals surface area contributed by atoms with Gasteiger partial charge in [-0.15, -0.1) is 0 Å². The van der Waals surface area contributed by atoms with Crippen LogP contribution in [0.1, 0.15) is 27.2 Å². The molecule has 0 unspecified atom stereocenters. The Labute approximate surface area is 114 Å². The Balaban J connectivity index is 0.000000250. The number of carbonyl (C=O) groups is 1. The highest BCUT2D eigenvalue weighted by molar-refractivity contribution is 5.68. The number of pyridine rings is 1. The largest absolute Gasteiger partial charge is 0.444 e. The summed E-state index contributed by atoms with van der Waals surface area (Å²) in [6.07, 6.45) is 4.12. The number of rotatable bonds is 0. The van der Waals surface area contributed by atoms with Crippen LogP contribution in [-0.4, -0.2) is 40.7 Å². The summed E-state index contributed by atoms with van der Waals surface area (Å²) in [5.41, 5.74) is 5.26. The third-order valence-corrected chi connectivity index (χ3v) is 2.44. The molecule has 1 fully saturated rings. The maximum Gasteiger partial charge on any atom is 0.410 e. The van der Waals surface area contributed by atoms with Crippen LogP contribution < -0.4 is 5.73 Å². The highest BCUT2D eigenvalue weighted by Gasteiger charge is 2.27. The van der Waals surface area contributed by atoms with E-state index in [1.165, 1.54) is 0 Å². The van der Waals surface area contributed by atoms with Crippen LogP contribution in [0.3, 0.4) is 0 Å². The highest BCUT2D eigenvalue weighted by atomic mass is 16.6. The zero-order chi connectivity index (χ0) is 14.3. The number of amides is 1. The van der Waals surface area contributed by atoms with Gasteiger partial charge >= 0.3 is 6.09 Å². The van der Waals surface area contributed by atoms with E-state index in [1.54, 1.807) is 17.3 Å². The molecule has 0 bridgehead atoms. The summed E-state index contributed by atoms with van der Waals surface area (Å²) in [7, 11) is 0. The van der Waals surface area contributed by atoms with Gasteiger partial charge in [0, 0.05) is 31.5 Å². The summed E-state index contributed by atoms with van der Waals surface area (Å²) < 4.78 is 5.20. The second kappa shape index (κ2) is 7.09. The van der Waals surface area contributed by atoms with Gasteiger partial charge in [-0.1, -0.05) is 6.07 Å². The number of aromatic nitrogens is 1. The van der Waals surface area contributed by atoms with Gasteiger partial charge in [0.05, 0.1) is 0 Å². The molecule has 0 aromatic carbocycles. The molecule has 5 heteroatoms. The SMILES string of the molecule is CC(C)(C)OC(=O)N1CC[C@H](N)C1.c1ccncc1. The minimum Gasteiger partial charge on any atom is -0.444 e. The first-order valence-corrected chi connectivity index (χ1v) is 6.47. The van der Waals surface area contributed by atoms with Gasteiger partial charge in [0.2, 0.25) is 0 Å². The third-order valence-electron chi connectivity index (χ3n) is 2.44. The molecule has 1 aromatic heterocycles. The van der Waals surface area contributed by atoms with Crippen molar-refractivity contribution in [3.8, 4) is 0 Å². The molecule has 1 aliphatic rings. The van der Waals surface area contributed by atoms with Crippen LogP contribution in [0.5, 0.6) is 0 Å². The van der Waals surface area contributed by atoms with Crippen molar-refractivity contribution < 1.29 is 9.53 Å². The van der Waals surface area contributed by atoms with Crippen LogP contribution in [0.25, 0.3) is 0 Å². The van der Waals surface area contributed by atoms with Crippen LogP contribution in [0, 0.1) is 0 Å². The van der Waals surface area contributed by atoms with Crippen LogP contribution in [0.15, 0.2) is 30.6 Å². The Hall–Kier alpha value is -1.62. The maximum atomic E-state index is 11.5. The molecule has 0 aliphatic carbocycles. The van der Waals surface area contributed by atoms with Crippen LogP contribution in [0.2, 0.25) is 0 Å². The number of nitrogens with zero attached hydrogens (tertiary/aromatic N) is 2. The molecule has 0 saturated carbocycles. The number of hydrogen-bond acceptors (Lipinski definition) is 4. The average Bonchev–Trinajstić information content (AvgIpc) is 2.77. The van der Waals surface area contributed by atoms with E-state index in [1.807, 2.05) is 39.0 Å². The summed E-state index contributed by atoms with van der Waals surface area (Å²) in [4.78, 5) is 16.9. The number of nitrogens with two attached hydrogens (primary N) is 1. The molecule has 0 spiro atoms. The molecule has 1 aromatic rings. The molecule has 1 saturated heterocycles. The molecular weight excluding hydrogens is 242 g/mol. The Bertz CT molecular complexity index is 349. The average molecular weight is 265 g/mol. The van der Waals surface area contributed by atoms with Crippen molar-refractivity contribution in [2.24, 2.45) is 5.73 Å². The van der Waals surface area contributed by atoms with Crippen LogP contribution in [0.4, 0.5) is 4.79 Å². The van der Waals surface area contributed by atoms with E-state index in [4.69, 9.17) is 10.5 Å². The van der Waals surface area contributed by atoms with Gasteiger partial charge < -0.3 is 15.4 Å². The molecule has 106 valence electrons. The summed E-state index contributed by atoms with van der Waals surface area (Å²) in [5, 5.41) is 0. The van der Waals surface area contributed by atoms with Gasteiger partial charge in [0.15, 0.2) is 0 Å². The van der Waals surface area contributed by atoms with Gasteiger partial charge in [-0.2, -0.15) is 0 Å². The monoisotopic (exact) mass is 265 g/mol. The molecular formula is C14H23N3O2. The van der Waals surface area contributed by atoms with Gasteiger partial charge in [-0.25, -0.2) is 4.79 Å². The molecule has 5 nitrogen and oxygen atoms in total. The highest BCUT2D eigenvalue weighted by Crippen LogP contribution is 2.13. The second-order valence-electron chi connectivity index (χ2n) is 5.50. The number of likely N-dealkylation sites (tertiary alicyclic amines) is 1. The number of carbonyl (C=O) groups excluding carboxylic acids is 1. The van der Waals surface area contributed by atoms with E-state index in [2.05, 4.69) is 4.98 Å². The second-order valence-corrected chi connectivity index (χ2v) is 5.50. The first-order chi connectivity index (χ1) is 8.88. The zero-order valence-electron chi connectivity index (χ0n) is 11.9. The minimum absolute atomic E-state index is 0.118. The van der Waals surface area contributed by atoms with Crippen molar-refractivity contribution in [1.29, 1.82) is 0 Å². The Morgan fingerprint density at radius 1 is 1.32 bits per heavy atom. The van der Waals surface area contributed by atoms with E-state index in [-0.39, 0.29) is 12.1 Å². The van der Waals surface area contributed by atoms with Gasteiger partial charge in [0.1, 0.15) is 5.60 Å². The number of ether oxygens (including phenoxy) is 1. The van der Waals surface area contributed by atoms with Crippen molar-refractivity contribution in [3.05, 3.63) is 30.6 Å². The van der Waals surface area contributed by atoms with Crippen molar-refractivity contribution in [3.63, 3.8) is 0 Å². The van der Waals surface area contributed by atoms with Crippen molar-refractivity contribution in [1.82, 2.24) is 9.88 Å². The molecule has 1 aliphatic heterocycles. The fourth-order valence-electron chi connectivity index (χ4n) is 1.59. The van der Waals surface area contributed by atoms with E-state index in [0.29, 0.717) is 6.54 Å². The quantitative estimate of drug-likeness (QED) is 0.779.